The van der Waals surface area contributed by atoms with Crippen molar-refractivity contribution in [3.63, 3.8) is 0 Å². The molecule has 0 aliphatic rings. The first kappa shape index (κ1) is 21.4. The number of benzene rings is 2. The average molecular weight is 383 g/mol. The Morgan fingerprint density at radius 1 is 0.963 bits per heavy atom. The van der Waals surface area contributed by atoms with Gasteiger partial charge in [0.15, 0.2) is 0 Å². The summed E-state index contributed by atoms with van der Waals surface area (Å²) in [6.07, 6.45) is 2.14. The molecule has 0 bridgehead atoms. The lowest BCUT2D eigenvalue weighted by Crippen LogP contribution is -2.14. The number of hydrogen-bond acceptors (Lipinski definition) is 3. The predicted octanol–water partition coefficient (Wildman–Crippen LogP) is 5.69. The summed E-state index contributed by atoms with van der Waals surface area (Å²) in [5, 5.41) is 0. The van der Waals surface area contributed by atoms with E-state index in [1.165, 1.54) is 11.1 Å². The van der Waals surface area contributed by atoms with Crippen LogP contribution in [0.2, 0.25) is 0 Å². The minimum atomic E-state index is 0.00608. The predicted molar refractivity (Wildman–Crippen MR) is 114 cm³/mol. The third-order valence-electron chi connectivity index (χ3n) is 4.92. The van der Waals surface area contributed by atoms with Crippen molar-refractivity contribution in [2.24, 2.45) is 11.8 Å². The summed E-state index contributed by atoms with van der Waals surface area (Å²) in [5.41, 5.74) is 3.67. The molecule has 0 fully saturated rings. The van der Waals surface area contributed by atoms with Crippen molar-refractivity contribution in [1.29, 1.82) is 0 Å². The van der Waals surface area contributed by atoms with Crippen LogP contribution in [0.1, 0.15) is 43.9 Å². The number of Topliss-reactive ketones (excluding diaryl/α,β-unsaturated/α-hetero) is 2. The molecule has 27 heavy (non-hydrogen) atoms. The minimum Gasteiger partial charge on any atom is -0.299 e. The first-order valence-electron chi connectivity index (χ1n) is 9.68. The fourth-order valence-electron chi connectivity index (χ4n) is 2.95. The van der Waals surface area contributed by atoms with E-state index >= 15 is 0 Å². The molecule has 0 heterocycles. The van der Waals surface area contributed by atoms with E-state index < -0.39 is 0 Å². The van der Waals surface area contributed by atoms with Gasteiger partial charge in [-0.15, -0.1) is 11.8 Å². The van der Waals surface area contributed by atoms with Gasteiger partial charge >= 0.3 is 0 Å². The maximum Gasteiger partial charge on any atom is 0.145 e. The summed E-state index contributed by atoms with van der Waals surface area (Å²) in [4.78, 5) is 25.5. The van der Waals surface area contributed by atoms with E-state index in [4.69, 9.17) is 0 Å². The zero-order valence-electron chi connectivity index (χ0n) is 16.8. The third kappa shape index (κ3) is 6.99. The highest BCUT2D eigenvalue weighted by Gasteiger charge is 2.15. The molecule has 0 aromatic heterocycles. The molecule has 0 amide bonds. The summed E-state index contributed by atoms with van der Waals surface area (Å²) in [6, 6.07) is 16.5. The molecule has 2 aromatic rings. The fraction of sp³-hybridized carbons (Fsp3) is 0.417. The van der Waals surface area contributed by atoms with Gasteiger partial charge in [-0.3, -0.25) is 9.59 Å². The third-order valence-corrected chi connectivity index (χ3v) is 5.93. The Bertz CT molecular complexity index is 779. The molecule has 0 saturated carbocycles. The van der Waals surface area contributed by atoms with Crippen LogP contribution in [0.25, 0.3) is 0 Å². The van der Waals surface area contributed by atoms with Crippen molar-refractivity contribution in [3.05, 3.63) is 65.2 Å². The fourth-order valence-corrected chi connectivity index (χ4v) is 4.00. The van der Waals surface area contributed by atoms with Crippen molar-refractivity contribution in [3.8, 4) is 0 Å². The maximum atomic E-state index is 12.6. The minimum absolute atomic E-state index is 0.00608. The second-order valence-electron chi connectivity index (χ2n) is 7.56. The molecule has 3 heteroatoms. The molecular formula is C24H30O2S. The number of carbonyl (C=O) groups is 2. The molecule has 144 valence electrons. The number of hydrogen-bond donors (Lipinski definition) is 0. The summed E-state index contributed by atoms with van der Waals surface area (Å²) in [7, 11) is 0. The Hall–Kier alpha value is -1.87. The molecule has 1 unspecified atom stereocenters. The lowest BCUT2D eigenvalue weighted by atomic mass is 9.93. The number of thioether (sulfide) groups is 1. The lowest BCUT2D eigenvalue weighted by molar-refractivity contribution is -0.122. The zero-order chi connectivity index (χ0) is 19.8. The van der Waals surface area contributed by atoms with Gasteiger partial charge in [0.1, 0.15) is 11.6 Å². The Balaban J connectivity index is 1.88. The van der Waals surface area contributed by atoms with Gasteiger partial charge in [0.2, 0.25) is 0 Å². The lowest BCUT2D eigenvalue weighted by Gasteiger charge is -2.12. The molecular weight excluding hydrogens is 352 g/mol. The molecule has 0 aliphatic carbocycles. The maximum absolute atomic E-state index is 12.6. The SMILES string of the molecule is Cc1ccccc1CCC(=O)C(C)Cc1cccc(SCC(=O)C(C)C)c1. The van der Waals surface area contributed by atoms with Crippen LogP contribution < -0.4 is 0 Å². The number of rotatable bonds is 10. The van der Waals surface area contributed by atoms with Gasteiger partial charge in [-0.25, -0.2) is 0 Å². The van der Waals surface area contributed by atoms with Gasteiger partial charge in [0.25, 0.3) is 0 Å². The van der Waals surface area contributed by atoms with E-state index in [1.807, 2.05) is 45.0 Å². The first-order chi connectivity index (χ1) is 12.9. The van der Waals surface area contributed by atoms with Gasteiger partial charge in [-0.1, -0.05) is 57.2 Å². The molecule has 1 atom stereocenters. The van der Waals surface area contributed by atoms with E-state index in [-0.39, 0.29) is 17.6 Å². The molecule has 2 nitrogen and oxygen atoms in total. The molecule has 0 spiro atoms. The number of aryl methyl sites for hydroxylation is 2. The van der Waals surface area contributed by atoms with Crippen LogP contribution in [-0.4, -0.2) is 17.3 Å². The van der Waals surface area contributed by atoms with Crippen LogP contribution in [-0.2, 0) is 22.4 Å². The van der Waals surface area contributed by atoms with Crippen LogP contribution in [0.15, 0.2) is 53.4 Å². The smallest absolute Gasteiger partial charge is 0.145 e. The van der Waals surface area contributed by atoms with E-state index in [9.17, 15) is 9.59 Å². The van der Waals surface area contributed by atoms with Crippen molar-refractivity contribution in [1.82, 2.24) is 0 Å². The highest BCUT2D eigenvalue weighted by atomic mass is 32.2. The molecule has 0 saturated heterocycles. The van der Waals surface area contributed by atoms with Gasteiger partial charge in [-0.2, -0.15) is 0 Å². The van der Waals surface area contributed by atoms with E-state index in [1.54, 1.807) is 11.8 Å². The van der Waals surface area contributed by atoms with Crippen LogP contribution in [0.3, 0.4) is 0 Å². The topological polar surface area (TPSA) is 34.1 Å². The standard InChI is InChI=1S/C24H30O2S/c1-17(2)24(26)16-27-22-11-7-9-20(15-22)14-19(4)23(25)13-12-21-10-6-5-8-18(21)3/h5-11,15,17,19H,12-14,16H2,1-4H3. The summed E-state index contributed by atoms with van der Waals surface area (Å²) < 4.78 is 0. The highest BCUT2D eigenvalue weighted by Crippen LogP contribution is 2.22. The molecule has 2 rings (SSSR count). The summed E-state index contributed by atoms with van der Waals surface area (Å²) in [5.74, 6) is 1.17. The number of carbonyl (C=O) groups excluding carboxylic acids is 2. The van der Waals surface area contributed by atoms with Gasteiger partial charge < -0.3 is 0 Å². The van der Waals surface area contributed by atoms with Crippen molar-refractivity contribution in [2.75, 3.05) is 5.75 Å². The normalized spacial score (nSPS) is 12.2. The Morgan fingerprint density at radius 3 is 2.41 bits per heavy atom. The van der Waals surface area contributed by atoms with Crippen LogP contribution in [0, 0.1) is 18.8 Å². The Labute approximate surface area is 167 Å². The van der Waals surface area contributed by atoms with Crippen LogP contribution >= 0.6 is 11.8 Å². The van der Waals surface area contributed by atoms with Crippen molar-refractivity contribution >= 4 is 23.3 Å². The molecule has 0 N–H and O–H groups in total. The quantitative estimate of drug-likeness (QED) is 0.495. The summed E-state index contributed by atoms with van der Waals surface area (Å²) >= 11 is 1.58. The Morgan fingerprint density at radius 2 is 1.70 bits per heavy atom. The average Bonchev–Trinajstić information content (AvgIpc) is 2.65. The molecule has 0 aliphatic heterocycles. The van der Waals surface area contributed by atoms with E-state index in [2.05, 4.69) is 31.2 Å². The van der Waals surface area contributed by atoms with E-state index in [0.29, 0.717) is 18.0 Å². The largest absolute Gasteiger partial charge is 0.299 e. The number of ketones is 2. The monoisotopic (exact) mass is 382 g/mol. The highest BCUT2D eigenvalue weighted by molar-refractivity contribution is 8.00. The molecule has 0 radical (unpaired) electrons. The van der Waals surface area contributed by atoms with Crippen molar-refractivity contribution < 1.29 is 9.59 Å². The second-order valence-corrected chi connectivity index (χ2v) is 8.60. The Kier molecular flexibility index (Phi) is 8.30. The van der Waals surface area contributed by atoms with E-state index in [0.717, 1.165) is 23.3 Å². The first-order valence-corrected chi connectivity index (χ1v) is 10.7. The molecule has 2 aromatic carbocycles. The van der Waals surface area contributed by atoms with Crippen LogP contribution in [0.4, 0.5) is 0 Å². The zero-order valence-corrected chi connectivity index (χ0v) is 17.6. The summed E-state index contributed by atoms with van der Waals surface area (Å²) in [6.45, 7) is 7.98. The van der Waals surface area contributed by atoms with Gasteiger partial charge in [0, 0.05) is 23.2 Å². The van der Waals surface area contributed by atoms with Gasteiger partial charge in [0.05, 0.1) is 5.75 Å². The van der Waals surface area contributed by atoms with Crippen molar-refractivity contribution in [2.45, 2.75) is 51.9 Å². The second kappa shape index (κ2) is 10.5. The van der Waals surface area contributed by atoms with Crippen LogP contribution in [0.5, 0.6) is 0 Å². The van der Waals surface area contributed by atoms with Gasteiger partial charge in [-0.05, 0) is 48.6 Å².